The highest BCUT2D eigenvalue weighted by atomic mass is 16.6. The molecule has 4 rings (SSSR count). The van der Waals surface area contributed by atoms with Crippen LogP contribution in [0.15, 0.2) is 36.9 Å². The minimum atomic E-state index is -1.17. The summed E-state index contributed by atoms with van der Waals surface area (Å²) in [6.07, 6.45) is 3.22. The van der Waals surface area contributed by atoms with E-state index in [1.54, 1.807) is 24.8 Å². The van der Waals surface area contributed by atoms with Crippen molar-refractivity contribution in [3.8, 4) is 0 Å². The van der Waals surface area contributed by atoms with Gasteiger partial charge in [0.25, 0.3) is 5.91 Å². The SMILES string of the molecule is C=CCN(C(=O)C1N([C@H](C)CO)C(=O)[C@@H]2[C@H](C(=O)OCC)[C@]3(CC)CCC12O3)c1ccc(N(CC)CC)cc1. The van der Waals surface area contributed by atoms with E-state index in [9.17, 15) is 19.5 Å². The molecule has 0 aliphatic carbocycles. The third kappa shape index (κ3) is 4.43. The van der Waals surface area contributed by atoms with Crippen molar-refractivity contribution in [2.45, 2.75) is 77.2 Å². The average Bonchev–Trinajstić information content (AvgIpc) is 3.56. The summed E-state index contributed by atoms with van der Waals surface area (Å²) in [6.45, 7) is 15.3. The van der Waals surface area contributed by atoms with Crippen LogP contribution in [0.1, 0.15) is 53.9 Å². The molecule has 6 atom stereocenters. The van der Waals surface area contributed by atoms with E-state index in [0.29, 0.717) is 24.9 Å². The lowest BCUT2D eigenvalue weighted by Crippen LogP contribution is -2.58. The lowest BCUT2D eigenvalue weighted by Gasteiger charge is -2.38. The van der Waals surface area contributed by atoms with Crippen molar-refractivity contribution >= 4 is 29.2 Å². The van der Waals surface area contributed by atoms with Gasteiger partial charge in [-0.15, -0.1) is 6.58 Å². The molecule has 0 aromatic heterocycles. The molecule has 214 valence electrons. The van der Waals surface area contributed by atoms with Gasteiger partial charge in [-0.1, -0.05) is 13.0 Å². The van der Waals surface area contributed by atoms with E-state index in [1.807, 2.05) is 31.2 Å². The van der Waals surface area contributed by atoms with Crippen LogP contribution in [0.3, 0.4) is 0 Å². The summed E-state index contributed by atoms with van der Waals surface area (Å²) < 4.78 is 12.2. The number of rotatable bonds is 12. The number of fused-ring (bicyclic) bond motifs is 1. The topological polar surface area (TPSA) is 99.6 Å². The van der Waals surface area contributed by atoms with E-state index in [0.717, 1.165) is 18.8 Å². The van der Waals surface area contributed by atoms with Crippen LogP contribution in [0.25, 0.3) is 0 Å². The minimum absolute atomic E-state index is 0.193. The fourth-order valence-electron chi connectivity index (χ4n) is 7.12. The van der Waals surface area contributed by atoms with E-state index in [2.05, 4.69) is 25.3 Å². The summed E-state index contributed by atoms with van der Waals surface area (Å²) in [5, 5.41) is 10.1. The van der Waals surface area contributed by atoms with Crippen LogP contribution in [-0.4, -0.2) is 83.9 Å². The van der Waals surface area contributed by atoms with Crippen molar-refractivity contribution in [2.24, 2.45) is 11.8 Å². The zero-order valence-corrected chi connectivity index (χ0v) is 23.9. The molecule has 1 aromatic carbocycles. The number of hydrogen-bond acceptors (Lipinski definition) is 7. The predicted octanol–water partition coefficient (Wildman–Crippen LogP) is 3.15. The van der Waals surface area contributed by atoms with E-state index < -0.39 is 41.1 Å². The van der Waals surface area contributed by atoms with Crippen LogP contribution < -0.4 is 9.80 Å². The number of carbonyl (C=O) groups excluding carboxylic acids is 3. The second-order valence-electron chi connectivity index (χ2n) is 10.8. The fourth-order valence-corrected chi connectivity index (χ4v) is 7.12. The molecule has 2 unspecified atom stereocenters. The molecule has 3 saturated heterocycles. The van der Waals surface area contributed by atoms with Crippen LogP contribution in [0.4, 0.5) is 11.4 Å². The molecule has 0 radical (unpaired) electrons. The van der Waals surface area contributed by atoms with Crippen molar-refractivity contribution in [1.29, 1.82) is 0 Å². The number of hydrogen-bond donors (Lipinski definition) is 1. The summed E-state index contributed by atoms with van der Waals surface area (Å²) in [5.74, 6) is -2.74. The number of aliphatic hydroxyl groups excluding tert-OH is 1. The van der Waals surface area contributed by atoms with E-state index in [1.165, 1.54) is 4.90 Å². The summed E-state index contributed by atoms with van der Waals surface area (Å²) in [7, 11) is 0. The van der Waals surface area contributed by atoms with E-state index in [-0.39, 0.29) is 31.6 Å². The number of nitrogens with zero attached hydrogens (tertiary/aromatic N) is 3. The van der Waals surface area contributed by atoms with E-state index in [4.69, 9.17) is 9.47 Å². The summed E-state index contributed by atoms with van der Waals surface area (Å²) in [4.78, 5) is 47.2. The highest BCUT2D eigenvalue weighted by molar-refractivity contribution is 6.05. The fraction of sp³-hybridized carbons (Fsp3) is 0.633. The standard InChI is InChI=1S/C30H43N3O6/c1-7-18-32(22-14-12-21(13-15-22)31(9-3)10-4)27(36)25-30-17-16-29(8-2,39-30)24(28(37)38-11-5)23(30)26(35)33(25)20(6)19-34/h7,12-15,20,23-25,34H,1,8-11,16-19H2,2-6H3/t20-,23+,24-,25?,29+,30?/m1/s1. The predicted molar refractivity (Wildman–Crippen MR) is 149 cm³/mol. The third-order valence-corrected chi connectivity index (χ3v) is 9.00. The highest BCUT2D eigenvalue weighted by Crippen LogP contribution is 2.64. The van der Waals surface area contributed by atoms with Gasteiger partial charge in [-0.25, -0.2) is 0 Å². The maximum atomic E-state index is 14.6. The van der Waals surface area contributed by atoms with Gasteiger partial charge in [0, 0.05) is 31.0 Å². The number of benzene rings is 1. The first-order valence-corrected chi connectivity index (χ1v) is 14.3. The molecule has 0 saturated carbocycles. The second kappa shape index (κ2) is 11.3. The van der Waals surface area contributed by atoms with Crippen molar-refractivity contribution in [3.05, 3.63) is 36.9 Å². The number of ether oxygens (including phenoxy) is 2. The molecule has 9 heteroatoms. The van der Waals surface area contributed by atoms with Gasteiger partial charge in [-0.2, -0.15) is 0 Å². The molecular weight excluding hydrogens is 498 g/mol. The summed E-state index contributed by atoms with van der Waals surface area (Å²) in [6, 6.07) is 6.16. The monoisotopic (exact) mass is 541 g/mol. The quantitative estimate of drug-likeness (QED) is 0.321. The van der Waals surface area contributed by atoms with Crippen LogP contribution >= 0.6 is 0 Å². The van der Waals surface area contributed by atoms with Crippen molar-refractivity contribution in [3.63, 3.8) is 0 Å². The zero-order valence-electron chi connectivity index (χ0n) is 23.9. The molecule has 1 aromatic rings. The number of amides is 2. The summed E-state index contributed by atoms with van der Waals surface area (Å²) in [5.41, 5.74) is -0.292. The molecule has 39 heavy (non-hydrogen) atoms. The molecule has 1 spiro atoms. The van der Waals surface area contributed by atoms with Gasteiger partial charge in [0.1, 0.15) is 17.6 Å². The van der Waals surface area contributed by atoms with Gasteiger partial charge in [-0.3, -0.25) is 14.4 Å². The Morgan fingerprint density at radius 1 is 1.18 bits per heavy atom. The molecule has 3 heterocycles. The van der Waals surface area contributed by atoms with Gasteiger partial charge in [0.15, 0.2) is 0 Å². The smallest absolute Gasteiger partial charge is 0.312 e. The molecule has 3 aliphatic heterocycles. The Labute approximate surface area is 231 Å². The Morgan fingerprint density at radius 3 is 2.36 bits per heavy atom. The van der Waals surface area contributed by atoms with Gasteiger partial charge < -0.3 is 29.3 Å². The Hall–Kier alpha value is -2.91. The van der Waals surface area contributed by atoms with Gasteiger partial charge in [0.2, 0.25) is 5.91 Å². The first-order valence-electron chi connectivity index (χ1n) is 14.3. The van der Waals surface area contributed by atoms with Crippen LogP contribution in [0.2, 0.25) is 0 Å². The number of aliphatic hydroxyl groups is 1. The molecule has 3 fully saturated rings. The number of anilines is 2. The second-order valence-corrected chi connectivity index (χ2v) is 10.8. The number of likely N-dealkylation sites (tertiary alicyclic amines) is 1. The largest absolute Gasteiger partial charge is 0.466 e. The van der Waals surface area contributed by atoms with E-state index >= 15 is 0 Å². The maximum Gasteiger partial charge on any atom is 0.312 e. The molecule has 9 nitrogen and oxygen atoms in total. The van der Waals surface area contributed by atoms with Crippen LogP contribution in [0, 0.1) is 11.8 Å². The van der Waals surface area contributed by atoms with Gasteiger partial charge in [0.05, 0.1) is 30.8 Å². The van der Waals surface area contributed by atoms with Crippen LogP contribution in [0.5, 0.6) is 0 Å². The Morgan fingerprint density at radius 2 is 1.82 bits per heavy atom. The zero-order chi connectivity index (χ0) is 28.5. The molecule has 1 N–H and O–H groups in total. The number of carbonyl (C=O) groups is 3. The third-order valence-electron chi connectivity index (χ3n) is 9.00. The lowest BCUT2D eigenvalue weighted by molar-refractivity contribution is -0.161. The maximum absolute atomic E-state index is 14.6. The van der Waals surface area contributed by atoms with Gasteiger partial charge in [-0.05, 0) is 71.2 Å². The first kappa shape index (κ1) is 29.1. The molecule has 2 bridgehead atoms. The van der Waals surface area contributed by atoms with Crippen LogP contribution in [-0.2, 0) is 23.9 Å². The first-order chi connectivity index (χ1) is 18.7. The van der Waals surface area contributed by atoms with Crippen molar-refractivity contribution in [1.82, 2.24) is 4.90 Å². The summed E-state index contributed by atoms with van der Waals surface area (Å²) >= 11 is 0. The lowest BCUT2D eigenvalue weighted by atomic mass is 9.65. The Balaban J connectivity index is 1.79. The highest BCUT2D eigenvalue weighted by Gasteiger charge is 2.79. The normalized spacial score (nSPS) is 29.7. The molecule has 2 amide bonds. The minimum Gasteiger partial charge on any atom is -0.466 e. The molecule has 3 aliphatic rings. The number of esters is 1. The van der Waals surface area contributed by atoms with Crippen molar-refractivity contribution < 1.29 is 29.0 Å². The van der Waals surface area contributed by atoms with Crippen molar-refractivity contribution in [2.75, 3.05) is 42.6 Å². The Kier molecular flexibility index (Phi) is 8.42. The van der Waals surface area contributed by atoms with Gasteiger partial charge >= 0.3 is 5.97 Å². The molecular formula is C30H43N3O6. The Bertz CT molecular complexity index is 1090. The average molecular weight is 542 g/mol.